The van der Waals surface area contributed by atoms with Crippen LogP contribution >= 0.6 is 0 Å². The zero-order valence-electron chi connectivity index (χ0n) is 23.9. The number of aromatic hydroxyl groups is 2. The van der Waals surface area contributed by atoms with Gasteiger partial charge in [-0.2, -0.15) is 0 Å². The second kappa shape index (κ2) is 9.10. The second-order valence-corrected chi connectivity index (χ2v) is 14.1. The van der Waals surface area contributed by atoms with E-state index < -0.39 is 0 Å². The Bertz CT molecular complexity index is 988. The van der Waals surface area contributed by atoms with Crippen LogP contribution in [0.25, 0.3) is 6.08 Å². The minimum absolute atomic E-state index is 0.149. The molecule has 0 saturated heterocycles. The smallest absolute Gasteiger partial charge is 0.123 e. The van der Waals surface area contributed by atoms with Crippen LogP contribution < -0.4 is 0 Å². The average molecular weight is 465 g/mol. The Kier molecular flexibility index (Phi) is 7.50. The highest BCUT2D eigenvalue weighted by molar-refractivity contribution is 5.60. The third-order valence-electron chi connectivity index (χ3n) is 6.60. The van der Waals surface area contributed by atoms with Gasteiger partial charge in [-0.1, -0.05) is 114 Å². The summed E-state index contributed by atoms with van der Waals surface area (Å²) in [6, 6.07) is 8.56. The lowest BCUT2D eigenvalue weighted by atomic mass is 9.77. The normalized spacial score (nSPS) is 14.6. The summed E-state index contributed by atoms with van der Waals surface area (Å²) in [5.41, 5.74) is 5.63. The fourth-order valence-electron chi connectivity index (χ4n) is 4.33. The molecule has 0 amide bonds. The zero-order valence-corrected chi connectivity index (χ0v) is 23.9. The number of rotatable bonds is 3. The molecule has 0 bridgehead atoms. The van der Waals surface area contributed by atoms with E-state index in [1.54, 1.807) is 0 Å². The molecule has 1 unspecified atom stereocenters. The maximum Gasteiger partial charge on any atom is 0.123 e. The van der Waals surface area contributed by atoms with Crippen LogP contribution in [0.3, 0.4) is 0 Å². The van der Waals surface area contributed by atoms with Crippen molar-refractivity contribution in [1.82, 2.24) is 0 Å². The highest BCUT2D eigenvalue weighted by atomic mass is 16.3. The molecule has 0 radical (unpaired) electrons. The average Bonchev–Trinajstić information content (AvgIpc) is 2.63. The first-order valence-electron chi connectivity index (χ1n) is 12.6. The van der Waals surface area contributed by atoms with Crippen molar-refractivity contribution in [2.75, 3.05) is 0 Å². The molecule has 0 aliphatic carbocycles. The van der Waals surface area contributed by atoms with Gasteiger partial charge in [0.15, 0.2) is 0 Å². The Balaban J connectivity index is 2.61. The minimum Gasteiger partial charge on any atom is -0.507 e. The molecule has 0 fully saturated rings. The van der Waals surface area contributed by atoms with E-state index in [0.29, 0.717) is 11.5 Å². The summed E-state index contributed by atoms with van der Waals surface area (Å²) in [5, 5.41) is 22.1. The molecule has 0 aromatic heterocycles. The Labute approximate surface area is 209 Å². The summed E-state index contributed by atoms with van der Waals surface area (Å²) in [5.74, 6) is 1.00. The molecule has 0 aliphatic heterocycles. The van der Waals surface area contributed by atoms with E-state index in [4.69, 9.17) is 0 Å². The van der Waals surface area contributed by atoms with Crippen LogP contribution in [0.5, 0.6) is 11.5 Å². The molecule has 188 valence electrons. The van der Waals surface area contributed by atoms with E-state index >= 15 is 0 Å². The quantitative estimate of drug-likeness (QED) is 0.475. The third kappa shape index (κ3) is 6.26. The molecular weight excluding hydrogens is 416 g/mol. The van der Waals surface area contributed by atoms with Gasteiger partial charge in [0, 0.05) is 11.1 Å². The van der Waals surface area contributed by atoms with Crippen LogP contribution in [0.4, 0.5) is 0 Å². The Morgan fingerprint density at radius 2 is 0.853 bits per heavy atom. The fourth-order valence-corrected chi connectivity index (χ4v) is 4.33. The number of hydrogen-bond acceptors (Lipinski definition) is 2. The maximum absolute atomic E-state index is 11.1. The van der Waals surface area contributed by atoms with Gasteiger partial charge in [0.05, 0.1) is 0 Å². The van der Waals surface area contributed by atoms with Crippen LogP contribution in [-0.2, 0) is 21.7 Å². The van der Waals surface area contributed by atoms with Gasteiger partial charge in [-0.05, 0) is 62.0 Å². The zero-order chi connectivity index (χ0) is 26.4. The lowest BCUT2D eigenvalue weighted by molar-refractivity contribution is 0.422. The molecule has 0 aliphatic rings. The summed E-state index contributed by atoms with van der Waals surface area (Å²) in [6.45, 7) is 28.0. The standard InChI is InChI=1S/C32H48O2/c1-20(22-18-25(31(8,9)10)28(34)26(19-22)32(11,12)13)14-15-21-16-23(29(2,3)4)27(33)24(17-21)30(5,6)7/h14-20,33-34H,1-13H3. The SMILES string of the molecule is CC(C=Cc1cc(C(C)(C)C)c(O)c(C(C)(C)C)c1)c1cc(C(C)(C)C)c(O)c(C(C)(C)C)c1. The lowest BCUT2D eigenvalue weighted by Gasteiger charge is -2.29. The molecule has 1 atom stereocenters. The van der Waals surface area contributed by atoms with Crippen molar-refractivity contribution in [2.24, 2.45) is 0 Å². The molecular formula is C32H48O2. The van der Waals surface area contributed by atoms with Crippen LogP contribution in [0.2, 0.25) is 0 Å². The number of phenolic OH excluding ortho intramolecular Hbond substituents is 2. The number of phenols is 2. The first-order valence-corrected chi connectivity index (χ1v) is 12.6. The van der Waals surface area contributed by atoms with E-state index in [1.807, 2.05) is 0 Å². The van der Waals surface area contributed by atoms with Crippen molar-refractivity contribution in [3.63, 3.8) is 0 Å². The highest BCUT2D eigenvalue weighted by Crippen LogP contribution is 2.42. The van der Waals surface area contributed by atoms with Crippen LogP contribution in [-0.4, -0.2) is 10.2 Å². The largest absolute Gasteiger partial charge is 0.507 e. The summed E-state index contributed by atoms with van der Waals surface area (Å²) < 4.78 is 0. The maximum atomic E-state index is 11.1. The van der Waals surface area contributed by atoms with E-state index in [-0.39, 0.29) is 27.6 Å². The van der Waals surface area contributed by atoms with Gasteiger partial charge in [0.25, 0.3) is 0 Å². The van der Waals surface area contributed by atoms with Crippen LogP contribution in [0.1, 0.15) is 129 Å². The fraction of sp³-hybridized carbons (Fsp3) is 0.562. The summed E-state index contributed by atoms with van der Waals surface area (Å²) >= 11 is 0. The molecule has 34 heavy (non-hydrogen) atoms. The van der Waals surface area contributed by atoms with Crippen molar-refractivity contribution in [3.05, 3.63) is 63.7 Å². The lowest BCUT2D eigenvalue weighted by Crippen LogP contribution is -2.18. The van der Waals surface area contributed by atoms with Crippen LogP contribution in [0.15, 0.2) is 30.3 Å². The van der Waals surface area contributed by atoms with Gasteiger partial charge in [-0.25, -0.2) is 0 Å². The predicted molar refractivity (Wildman–Crippen MR) is 148 cm³/mol. The van der Waals surface area contributed by atoms with Gasteiger partial charge in [0.2, 0.25) is 0 Å². The number of benzene rings is 2. The second-order valence-electron chi connectivity index (χ2n) is 14.1. The van der Waals surface area contributed by atoms with Gasteiger partial charge in [-0.3, -0.25) is 0 Å². The molecule has 2 N–H and O–H groups in total. The Morgan fingerprint density at radius 1 is 0.559 bits per heavy atom. The summed E-state index contributed by atoms with van der Waals surface area (Å²) in [7, 11) is 0. The van der Waals surface area contributed by atoms with Gasteiger partial charge in [-0.15, -0.1) is 0 Å². The molecule has 2 aromatic carbocycles. The monoisotopic (exact) mass is 464 g/mol. The third-order valence-corrected chi connectivity index (χ3v) is 6.60. The van der Waals surface area contributed by atoms with Crippen molar-refractivity contribution >= 4 is 6.08 Å². The highest BCUT2D eigenvalue weighted by Gasteiger charge is 2.28. The molecule has 2 rings (SSSR count). The van der Waals surface area contributed by atoms with Gasteiger partial charge in [0.1, 0.15) is 11.5 Å². The topological polar surface area (TPSA) is 40.5 Å². The molecule has 0 spiro atoms. The van der Waals surface area contributed by atoms with Crippen LogP contribution in [0, 0.1) is 0 Å². The van der Waals surface area contributed by atoms with Crippen molar-refractivity contribution < 1.29 is 10.2 Å². The first kappa shape index (κ1) is 28.0. The molecule has 0 heterocycles. The molecule has 2 aromatic rings. The number of hydrogen-bond donors (Lipinski definition) is 2. The molecule has 2 heteroatoms. The predicted octanol–water partition coefficient (Wildman–Crippen LogP) is 9.10. The molecule has 0 saturated carbocycles. The van der Waals surface area contributed by atoms with Crippen molar-refractivity contribution in [3.8, 4) is 11.5 Å². The summed E-state index contributed by atoms with van der Waals surface area (Å²) in [4.78, 5) is 0. The van der Waals surface area contributed by atoms with Gasteiger partial charge >= 0.3 is 0 Å². The summed E-state index contributed by atoms with van der Waals surface area (Å²) in [6.07, 6.45) is 4.41. The van der Waals surface area contributed by atoms with E-state index in [9.17, 15) is 10.2 Å². The molecule has 2 nitrogen and oxygen atoms in total. The van der Waals surface area contributed by atoms with E-state index in [0.717, 1.165) is 27.8 Å². The van der Waals surface area contributed by atoms with E-state index in [1.165, 1.54) is 5.56 Å². The Hall–Kier alpha value is -2.22. The van der Waals surface area contributed by atoms with E-state index in [2.05, 4.69) is 126 Å². The van der Waals surface area contributed by atoms with Gasteiger partial charge < -0.3 is 10.2 Å². The van der Waals surface area contributed by atoms with Crippen molar-refractivity contribution in [1.29, 1.82) is 0 Å². The number of allylic oxidation sites excluding steroid dienone is 1. The minimum atomic E-state index is -0.153. The Morgan fingerprint density at radius 3 is 1.15 bits per heavy atom. The van der Waals surface area contributed by atoms with Crippen molar-refractivity contribution in [2.45, 2.75) is 118 Å². The first-order chi connectivity index (χ1) is 15.1.